The summed E-state index contributed by atoms with van der Waals surface area (Å²) in [6.45, 7) is 2.13. The van der Waals surface area contributed by atoms with Crippen LogP contribution >= 0.6 is 15.9 Å². The highest BCUT2D eigenvalue weighted by atomic mass is 79.9. The summed E-state index contributed by atoms with van der Waals surface area (Å²) in [5.74, 6) is 1.52. The van der Waals surface area contributed by atoms with Crippen LogP contribution in [0.3, 0.4) is 0 Å². The van der Waals surface area contributed by atoms with Gasteiger partial charge in [-0.1, -0.05) is 25.1 Å². The second-order valence-electron chi connectivity index (χ2n) is 3.77. The summed E-state index contributed by atoms with van der Waals surface area (Å²) in [7, 11) is 1.83. The lowest BCUT2D eigenvalue weighted by Crippen LogP contribution is -2.02. The molecule has 0 aliphatic carbocycles. The normalized spacial score (nSPS) is 10.2. The number of aromatic nitrogens is 2. The monoisotopic (exact) mass is 306 g/mol. The Kier molecular flexibility index (Phi) is 4.15. The minimum atomic E-state index is 0.759. The SMILES string of the molecule is CCc1ccccc1Nc1ncnc(NC)c1Br. The second kappa shape index (κ2) is 5.82. The molecular weight excluding hydrogens is 292 g/mol. The van der Waals surface area contributed by atoms with Crippen LogP contribution in [-0.4, -0.2) is 17.0 Å². The van der Waals surface area contributed by atoms with Crippen LogP contribution in [0.1, 0.15) is 12.5 Å². The van der Waals surface area contributed by atoms with Gasteiger partial charge >= 0.3 is 0 Å². The van der Waals surface area contributed by atoms with Gasteiger partial charge in [-0.15, -0.1) is 0 Å². The molecule has 1 aromatic heterocycles. The summed E-state index contributed by atoms with van der Waals surface area (Å²) in [4.78, 5) is 8.38. The van der Waals surface area contributed by atoms with E-state index < -0.39 is 0 Å². The summed E-state index contributed by atoms with van der Waals surface area (Å²) in [6.07, 6.45) is 2.51. The maximum Gasteiger partial charge on any atom is 0.150 e. The lowest BCUT2D eigenvalue weighted by atomic mass is 10.1. The van der Waals surface area contributed by atoms with E-state index in [1.807, 2.05) is 25.2 Å². The zero-order chi connectivity index (χ0) is 13.0. The quantitative estimate of drug-likeness (QED) is 0.906. The molecule has 1 heterocycles. The molecule has 0 aliphatic rings. The average molecular weight is 307 g/mol. The van der Waals surface area contributed by atoms with Gasteiger partial charge in [0.15, 0.2) is 0 Å². The molecule has 0 bridgehead atoms. The van der Waals surface area contributed by atoms with E-state index in [9.17, 15) is 0 Å². The summed E-state index contributed by atoms with van der Waals surface area (Å²) in [6, 6.07) is 8.20. The van der Waals surface area contributed by atoms with Crippen molar-refractivity contribution in [1.29, 1.82) is 0 Å². The predicted octanol–water partition coefficient (Wildman–Crippen LogP) is 3.59. The predicted molar refractivity (Wildman–Crippen MR) is 78.4 cm³/mol. The standard InChI is InChI=1S/C13H15BrN4/c1-3-9-6-4-5-7-10(9)18-13-11(14)12(15-2)16-8-17-13/h4-8H,3H2,1-2H3,(H2,15,16,17,18). The fourth-order valence-electron chi connectivity index (χ4n) is 1.71. The zero-order valence-electron chi connectivity index (χ0n) is 10.4. The molecule has 0 atom stereocenters. The molecule has 0 saturated carbocycles. The third-order valence-corrected chi connectivity index (χ3v) is 3.43. The van der Waals surface area contributed by atoms with Crippen LogP contribution in [0.4, 0.5) is 17.3 Å². The van der Waals surface area contributed by atoms with Gasteiger partial charge in [0.2, 0.25) is 0 Å². The van der Waals surface area contributed by atoms with Crippen molar-refractivity contribution in [2.45, 2.75) is 13.3 Å². The van der Waals surface area contributed by atoms with Gasteiger partial charge in [0.05, 0.1) is 0 Å². The van der Waals surface area contributed by atoms with E-state index in [1.54, 1.807) is 0 Å². The Bertz CT molecular complexity index is 542. The lowest BCUT2D eigenvalue weighted by molar-refractivity contribution is 1.12. The van der Waals surface area contributed by atoms with Crippen LogP contribution in [-0.2, 0) is 6.42 Å². The van der Waals surface area contributed by atoms with Crippen molar-refractivity contribution >= 4 is 33.3 Å². The van der Waals surface area contributed by atoms with Gasteiger partial charge < -0.3 is 10.6 Å². The number of hydrogen-bond donors (Lipinski definition) is 2. The number of halogens is 1. The van der Waals surface area contributed by atoms with Crippen LogP contribution in [0.5, 0.6) is 0 Å². The van der Waals surface area contributed by atoms with Crippen molar-refractivity contribution in [2.75, 3.05) is 17.7 Å². The van der Waals surface area contributed by atoms with E-state index in [1.165, 1.54) is 11.9 Å². The topological polar surface area (TPSA) is 49.8 Å². The Hall–Kier alpha value is -1.62. The molecule has 2 aromatic rings. The maximum atomic E-state index is 4.25. The van der Waals surface area contributed by atoms with Gasteiger partial charge in [-0.25, -0.2) is 9.97 Å². The van der Waals surface area contributed by atoms with Crippen molar-refractivity contribution in [3.8, 4) is 0 Å². The molecule has 0 spiro atoms. The van der Waals surface area contributed by atoms with E-state index in [0.717, 1.165) is 28.2 Å². The summed E-state index contributed by atoms with van der Waals surface area (Å²) < 4.78 is 0.832. The Balaban J connectivity index is 2.34. The van der Waals surface area contributed by atoms with E-state index in [4.69, 9.17) is 0 Å². The van der Waals surface area contributed by atoms with Gasteiger partial charge in [-0.2, -0.15) is 0 Å². The van der Waals surface area contributed by atoms with Crippen molar-refractivity contribution < 1.29 is 0 Å². The Morgan fingerprint density at radius 1 is 1.17 bits per heavy atom. The first-order valence-corrected chi connectivity index (χ1v) is 6.58. The molecule has 0 radical (unpaired) electrons. The van der Waals surface area contributed by atoms with Crippen molar-refractivity contribution in [2.24, 2.45) is 0 Å². The van der Waals surface area contributed by atoms with Crippen LogP contribution in [0.25, 0.3) is 0 Å². The van der Waals surface area contributed by atoms with Gasteiger partial charge in [-0.3, -0.25) is 0 Å². The molecule has 94 valence electrons. The molecule has 5 heteroatoms. The van der Waals surface area contributed by atoms with Crippen LogP contribution in [0, 0.1) is 0 Å². The van der Waals surface area contributed by atoms with Crippen LogP contribution in [0.2, 0.25) is 0 Å². The van der Waals surface area contributed by atoms with Gasteiger partial charge in [0.25, 0.3) is 0 Å². The zero-order valence-corrected chi connectivity index (χ0v) is 12.0. The smallest absolute Gasteiger partial charge is 0.150 e. The largest absolute Gasteiger partial charge is 0.372 e. The highest BCUT2D eigenvalue weighted by Gasteiger charge is 2.08. The molecule has 0 amide bonds. The number of nitrogens with one attached hydrogen (secondary N) is 2. The van der Waals surface area contributed by atoms with Crippen molar-refractivity contribution in [1.82, 2.24) is 9.97 Å². The third-order valence-electron chi connectivity index (χ3n) is 2.68. The van der Waals surface area contributed by atoms with E-state index in [-0.39, 0.29) is 0 Å². The minimum Gasteiger partial charge on any atom is -0.372 e. The molecule has 0 aliphatic heterocycles. The average Bonchev–Trinajstić information content (AvgIpc) is 2.42. The summed E-state index contributed by atoms with van der Waals surface area (Å²) in [5.41, 5.74) is 2.33. The maximum absolute atomic E-state index is 4.25. The number of para-hydroxylation sites is 1. The summed E-state index contributed by atoms with van der Waals surface area (Å²) in [5, 5.41) is 6.34. The van der Waals surface area contributed by atoms with Gasteiger partial charge in [0.1, 0.15) is 22.4 Å². The van der Waals surface area contributed by atoms with Crippen LogP contribution < -0.4 is 10.6 Å². The fraction of sp³-hybridized carbons (Fsp3) is 0.231. The third kappa shape index (κ3) is 2.61. The minimum absolute atomic E-state index is 0.759. The Morgan fingerprint density at radius 2 is 1.89 bits per heavy atom. The molecule has 0 unspecified atom stereocenters. The first kappa shape index (κ1) is 12.8. The molecular formula is C13H15BrN4. The number of anilines is 3. The molecule has 18 heavy (non-hydrogen) atoms. The fourth-order valence-corrected chi connectivity index (χ4v) is 2.21. The van der Waals surface area contributed by atoms with Gasteiger partial charge in [0, 0.05) is 12.7 Å². The number of rotatable bonds is 4. The van der Waals surface area contributed by atoms with E-state index in [2.05, 4.69) is 49.5 Å². The van der Waals surface area contributed by atoms with E-state index in [0.29, 0.717) is 0 Å². The highest BCUT2D eigenvalue weighted by Crippen LogP contribution is 2.29. The molecule has 0 fully saturated rings. The Morgan fingerprint density at radius 3 is 2.61 bits per heavy atom. The lowest BCUT2D eigenvalue weighted by Gasteiger charge is -2.12. The highest BCUT2D eigenvalue weighted by molar-refractivity contribution is 9.10. The first-order chi connectivity index (χ1) is 8.76. The summed E-state index contributed by atoms with van der Waals surface area (Å²) >= 11 is 3.50. The van der Waals surface area contributed by atoms with Gasteiger partial charge in [-0.05, 0) is 34.0 Å². The van der Waals surface area contributed by atoms with Crippen molar-refractivity contribution in [3.05, 3.63) is 40.6 Å². The molecule has 1 aromatic carbocycles. The van der Waals surface area contributed by atoms with Crippen molar-refractivity contribution in [3.63, 3.8) is 0 Å². The molecule has 2 rings (SSSR count). The first-order valence-electron chi connectivity index (χ1n) is 5.79. The molecule has 4 nitrogen and oxygen atoms in total. The molecule has 2 N–H and O–H groups in total. The number of hydrogen-bond acceptors (Lipinski definition) is 4. The number of aryl methyl sites for hydroxylation is 1. The number of nitrogens with zero attached hydrogens (tertiary/aromatic N) is 2. The van der Waals surface area contributed by atoms with Crippen LogP contribution in [0.15, 0.2) is 35.1 Å². The molecule has 0 saturated heterocycles. The Labute approximate surface area is 115 Å². The number of benzene rings is 1. The van der Waals surface area contributed by atoms with E-state index >= 15 is 0 Å². The second-order valence-corrected chi connectivity index (χ2v) is 4.56.